The Hall–Kier alpha value is -1.84. The van der Waals surface area contributed by atoms with Crippen LogP contribution in [0.15, 0.2) is 54.6 Å². The van der Waals surface area contributed by atoms with Gasteiger partial charge in [-0.1, -0.05) is 42.5 Å². The average molecular weight is 271 g/mol. The molecule has 3 nitrogen and oxygen atoms in total. The monoisotopic (exact) mass is 271 g/mol. The van der Waals surface area contributed by atoms with Gasteiger partial charge < -0.3 is 15.2 Å². The lowest BCUT2D eigenvalue weighted by Gasteiger charge is -2.18. The molecule has 0 saturated heterocycles. The minimum atomic E-state index is -0.496. The van der Waals surface area contributed by atoms with Crippen LogP contribution in [0.3, 0.4) is 0 Å². The fourth-order valence-electron chi connectivity index (χ4n) is 2.11. The summed E-state index contributed by atoms with van der Waals surface area (Å²) in [5.74, 6) is 0.847. The van der Waals surface area contributed by atoms with Crippen molar-refractivity contribution in [1.82, 2.24) is 5.32 Å². The Labute approximate surface area is 120 Å². The topological polar surface area (TPSA) is 41.5 Å². The first-order valence-corrected chi connectivity index (χ1v) is 6.81. The van der Waals surface area contributed by atoms with Crippen molar-refractivity contribution in [1.29, 1.82) is 0 Å². The summed E-state index contributed by atoms with van der Waals surface area (Å²) in [6.07, 6.45) is -0.496. The van der Waals surface area contributed by atoms with Crippen LogP contribution in [0.2, 0.25) is 0 Å². The molecular formula is C17H21NO2. The summed E-state index contributed by atoms with van der Waals surface area (Å²) in [5.41, 5.74) is 2.07. The fourth-order valence-corrected chi connectivity index (χ4v) is 2.11. The van der Waals surface area contributed by atoms with Crippen LogP contribution >= 0.6 is 0 Å². The first kappa shape index (κ1) is 14.6. The molecule has 106 valence electrons. The molecule has 0 aliphatic rings. The highest BCUT2D eigenvalue weighted by molar-refractivity contribution is 5.30. The van der Waals surface area contributed by atoms with Gasteiger partial charge in [0.15, 0.2) is 0 Å². The summed E-state index contributed by atoms with van der Waals surface area (Å²) in [5, 5.41) is 13.5. The average Bonchev–Trinajstić information content (AvgIpc) is 2.53. The van der Waals surface area contributed by atoms with Crippen molar-refractivity contribution in [3.05, 3.63) is 65.7 Å². The molecule has 0 amide bonds. The lowest BCUT2D eigenvalue weighted by Crippen LogP contribution is -2.24. The highest BCUT2D eigenvalue weighted by Crippen LogP contribution is 2.19. The first-order valence-electron chi connectivity index (χ1n) is 6.81. The summed E-state index contributed by atoms with van der Waals surface area (Å²) in [7, 11) is 1.66. The molecule has 0 aliphatic heterocycles. The number of hydrogen-bond donors (Lipinski definition) is 2. The maximum Gasteiger partial charge on any atom is 0.119 e. The number of ether oxygens (including phenoxy) is 1. The SMILES string of the molecule is COc1cccc(C(C)NCC(O)c2ccccc2)c1. The van der Waals surface area contributed by atoms with Gasteiger partial charge in [0.05, 0.1) is 13.2 Å². The van der Waals surface area contributed by atoms with Crippen molar-refractivity contribution in [3.63, 3.8) is 0 Å². The second-order valence-corrected chi connectivity index (χ2v) is 4.83. The number of benzene rings is 2. The molecule has 0 spiro atoms. The second kappa shape index (κ2) is 7.08. The number of aliphatic hydroxyl groups is 1. The van der Waals surface area contributed by atoms with Crippen molar-refractivity contribution >= 4 is 0 Å². The van der Waals surface area contributed by atoms with Crippen molar-refractivity contribution in [2.45, 2.75) is 19.1 Å². The number of aliphatic hydroxyl groups excluding tert-OH is 1. The predicted octanol–water partition coefficient (Wildman–Crippen LogP) is 3.08. The van der Waals surface area contributed by atoms with Gasteiger partial charge in [-0.3, -0.25) is 0 Å². The van der Waals surface area contributed by atoms with E-state index in [1.807, 2.05) is 48.5 Å². The van der Waals surface area contributed by atoms with Crippen LogP contribution in [0.25, 0.3) is 0 Å². The molecule has 3 heteroatoms. The van der Waals surface area contributed by atoms with E-state index in [1.165, 1.54) is 0 Å². The van der Waals surface area contributed by atoms with E-state index in [0.717, 1.165) is 16.9 Å². The molecule has 2 N–H and O–H groups in total. The normalized spacial score (nSPS) is 13.8. The summed E-state index contributed by atoms with van der Waals surface area (Å²) in [4.78, 5) is 0. The third kappa shape index (κ3) is 3.83. The van der Waals surface area contributed by atoms with Gasteiger partial charge >= 0.3 is 0 Å². The van der Waals surface area contributed by atoms with Crippen LogP contribution in [-0.2, 0) is 0 Å². The largest absolute Gasteiger partial charge is 0.497 e. The van der Waals surface area contributed by atoms with Gasteiger partial charge in [0.1, 0.15) is 5.75 Å². The first-order chi connectivity index (χ1) is 9.70. The highest BCUT2D eigenvalue weighted by Gasteiger charge is 2.10. The molecule has 0 aromatic heterocycles. The van der Waals surface area contributed by atoms with Crippen LogP contribution in [0.1, 0.15) is 30.2 Å². The Morgan fingerprint density at radius 2 is 1.75 bits per heavy atom. The lowest BCUT2D eigenvalue weighted by atomic mass is 10.1. The fraction of sp³-hybridized carbons (Fsp3) is 0.294. The smallest absolute Gasteiger partial charge is 0.119 e. The third-order valence-corrected chi connectivity index (χ3v) is 3.40. The Morgan fingerprint density at radius 1 is 1.05 bits per heavy atom. The number of rotatable bonds is 6. The molecule has 0 radical (unpaired) electrons. The van der Waals surface area contributed by atoms with Gasteiger partial charge in [0, 0.05) is 12.6 Å². The Bertz CT molecular complexity index is 528. The molecule has 2 aromatic rings. The summed E-state index contributed by atoms with van der Waals surface area (Å²) < 4.78 is 5.22. The van der Waals surface area contributed by atoms with Crippen molar-refractivity contribution in [3.8, 4) is 5.75 Å². The number of methoxy groups -OCH3 is 1. The zero-order chi connectivity index (χ0) is 14.4. The molecule has 0 heterocycles. The maximum absolute atomic E-state index is 10.1. The predicted molar refractivity (Wildman–Crippen MR) is 80.8 cm³/mol. The third-order valence-electron chi connectivity index (χ3n) is 3.40. The Kier molecular flexibility index (Phi) is 5.16. The molecule has 2 atom stereocenters. The van der Waals surface area contributed by atoms with E-state index in [0.29, 0.717) is 6.54 Å². The van der Waals surface area contributed by atoms with E-state index in [1.54, 1.807) is 7.11 Å². The minimum Gasteiger partial charge on any atom is -0.497 e. The molecular weight excluding hydrogens is 250 g/mol. The van der Waals surface area contributed by atoms with Gasteiger partial charge in [-0.25, -0.2) is 0 Å². The van der Waals surface area contributed by atoms with E-state index in [4.69, 9.17) is 4.74 Å². The molecule has 0 aliphatic carbocycles. The zero-order valence-electron chi connectivity index (χ0n) is 11.9. The zero-order valence-corrected chi connectivity index (χ0v) is 11.9. The van der Waals surface area contributed by atoms with Crippen LogP contribution in [-0.4, -0.2) is 18.8 Å². The number of nitrogens with one attached hydrogen (secondary N) is 1. The molecule has 0 saturated carbocycles. The van der Waals surface area contributed by atoms with E-state index < -0.39 is 6.10 Å². The van der Waals surface area contributed by atoms with Crippen molar-refractivity contribution in [2.75, 3.05) is 13.7 Å². The number of hydrogen-bond acceptors (Lipinski definition) is 3. The molecule has 2 rings (SSSR count). The summed E-state index contributed by atoms with van der Waals surface area (Å²) in [6.45, 7) is 2.59. The van der Waals surface area contributed by atoms with E-state index in [9.17, 15) is 5.11 Å². The van der Waals surface area contributed by atoms with E-state index in [-0.39, 0.29) is 6.04 Å². The van der Waals surface area contributed by atoms with Gasteiger partial charge in [0.2, 0.25) is 0 Å². The summed E-state index contributed by atoms with van der Waals surface area (Å²) in [6, 6.07) is 17.8. The standard InChI is InChI=1S/C17H21NO2/c1-13(15-9-6-10-16(11-15)20-2)18-12-17(19)14-7-4-3-5-8-14/h3-11,13,17-19H,12H2,1-2H3. The van der Waals surface area contributed by atoms with Crippen LogP contribution in [0.4, 0.5) is 0 Å². The molecule has 2 unspecified atom stereocenters. The van der Waals surface area contributed by atoms with E-state index >= 15 is 0 Å². The highest BCUT2D eigenvalue weighted by atomic mass is 16.5. The van der Waals surface area contributed by atoms with Crippen molar-refractivity contribution in [2.24, 2.45) is 0 Å². The molecule has 2 aromatic carbocycles. The Morgan fingerprint density at radius 3 is 2.45 bits per heavy atom. The second-order valence-electron chi connectivity index (χ2n) is 4.83. The van der Waals surface area contributed by atoms with Gasteiger partial charge in [-0.05, 0) is 30.2 Å². The van der Waals surface area contributed by atoms with Gasteiger partial charge in [-0.15, -0.1) is 0 Å². The Balaban J connectivity index is 1.93. The quantitative estimate of drug-likeness (QED) is 0.848. The van der Waals surface area contributed by atoms with Crippen LogP contribution in [0.5, 0.6) is 5.75 Å². The minimum absolute atomic E-state index is 0.156. The molecule has 20 heavy (non-hydrogen) atoms. The summed E-state index contributed by atoms with van der Waals surface area (Å²) >= 11 is 0. The maximum atomic E-state index is 10.1. The van der Waals surface area contributed by atoms with Gasteiger partial charge in [-0.2, -0.15) is 0 Å². The van der Waals surface area contributed by atoms with Crippen molar-refractivity contribution < 1.29 is 9.84 Å². The molecule has 0 fully saturated rings. The lowest BCUT2D eigenvalue weighted by molar-refractivity contribution is 0.171. The van der Waals surface area contributed by atoms with E-state index in [2.05, 4.69) is 18.3 Å². The van der Waals surface area contributed by atoms with Crippen LogP contribution < -0.4 is 10.1 Å². The van der Waals surface area contributed by atoms with Gasteiger partial charge in [0.25, 0.3) is 0 Å². The van der Waals surface area contributed by atoms with Crippen LogP contribution in [0, 0.1) is 0 Å². The molecule has 0 bridgehead atoms.